The molecule has 0 amide bonds. The minimum Gasteiger partial charge on any atom is -0.399 e. The van der Waals surface area contributed by atoms with E-state index >= 15 is 0 Å². The third kappa shape index (κ3) is 2.59. The maximum Gasteiger partial charge on any atom is 0.150 e. The predicted molar refractivity (Wildman–Crippen MR) is 68.2 cm³/mol. The molecular weight excluding hydrogens is 309 g/mol. The third-order valence-corrected chi connectivity index (χ3v) is 2.72. The number of nitrogens with one attached hydrogen (secondary N) is 1. The highest BCUT2D eigenvalue weighted by Gasteiger charge is 2.12. The number of rotatable bonds is 2. The SMILES string of the molecule is Nc1ccc(Nc2c(F)cc(Br)cc2F)c(F)c1. The van der Waals surface area contributed by atoms with E-state index in [0.717, 1.165) is 18.2 Å². The second-order valence-electron chi connectivity index (χ2n) is 3.61. The molecule has 0 heterocycles. The van der Waals surface area contributed by atoms with Gasteiger partial charge in [-0.05, 0) is 30.3 Å². The summed E-state index contributed by atoms with van der Waals surface area (Å²) in [6.07, 6.45) is 0. The second-order valence-corrected chi connectivity index (χ2v) is 4.52. The molecule has 18 heavy (non-hydrogen) atoms. The third-order valence-electron chi connectivity index (χ3n) is 2.26. The Labute approximate surface area is 110 Å². The van der Waals surface area contributed by atoms with Gasteiger partial charge >= 0.3 is 0 Å². The normalized spacial score (nSPS) is 10.4. The zero-order valence-corrected chi connectivity index (χ0v) is 10.6. The van der Waals surface area contributed by atoms with Gasteiger partial charge in [-0.15, -0.1) is 0 Å². The molecule has 0 aromatic heterocycles. The lowest BCUT2D eigenvalue weighted by Gasteiger charge is -2.10. The first-order valence-electron chi connectivity index (χ1n) is 4.94. The molecule has 0 unspecified atom stereocenters. The number of halogens is 4. The van der Waals surface area contributed by atoms with Crippen LogP contribution in [0.15, 0.2) is 34.8 Å². The average Bonchev–Trinajstić information content (AvgIpc) is 2.25. The van der Waals surface area contributed by atoms with Gasteiger partial charge in [0.25, 0.3) is 0 Å². The molecule has 2 aromatic carbocycles. The molecule has 0 aliphatic rings. The van der Waals surface area contributed by atoms with Gasteiger partial charge in [0.15, 0.2) is 11.6 Å². The van der Waals surface area contributed by atoms with Crippen molar-refractivity contribution in [1.82, 2.24) is 0 Å². The molecule has 2 aromatic rings. The highest BCUT2D eigenvalue weighted by atomic mass is 79.9. The van der Waals surface area contributed by atoms with E-state index in [9.17, 15) is 13.2 Å². The van der Waals surface area contributed by atoms with E-state index in [-0.39, 0.29) is 15.8 Å². The summed E-state index contributed by atoms with van der Waals surface area (Å²) in [5, 5.41) is 2.36. The number of nitrogens with two attached hydrogens (primary N) is 1. The fraction of sp³-hybridized carbons (Fsp3) is 0. The summed E-state index contributed by atoms with van der Waals surface area (Å²) in [5.41, 5.74) is 5.14. The molecule has 0 saturated heterocycles. The molecule has 2 rings (SSSR count). The van der Waals surface area contributed by atoms with Crippen molar-refractivity contribution in [3.05, 3.63) is 52.3 Å². The van der Waals surface area contributed by atoms with Crippen molar-refractivity contribution in [1.29, 1.82) is 0 Å². The van der Waals surface area contributed by atoms with Gasteiger partial charge in [0, 0.05) is 10.2 Å². The van der Waals surface area contributed by atoms with Gasteiger partial charge < -0.3 is 11.1 Å². The van der Waals surface area contributed by atoms with Crippen LogP contribution in [0.25, 0.3) is 0 Å². The van der Waals surface area contributed by atoms with Gasteiger partial charge in [-0.3, -0.25) is 0 Å². The number of benzene rings is 2. The van der Waals surface area contributed by atoms with Gasteiger partial charge in [0.1, 0.15) is 11.5 Å². The zero-order valence-electron chi connectivity index (χ0n) is 8.98. The van der Waals surface area contributed by atoms with Crippen molar-refractivity contribution < 1.29 is 13.2 Å². The summed E-state index contributed by atoms with van der Waals surface area (Å²) in [5.74, 6) is -2.33. The minimum atomic E-state index is -0.821. The molecule has 0 fully saturated rings. The van der Waals surface area contributed by atoms with Gasteiger partial charge in [0.2, 0.25) is 0 Å². The Kier molecular flexibility index (Phi) is 3.47. The van der Waals surface area contributed by atoms with Crippen LogP contribution < -0.4 is 11.1 Å². The minimum absolute atomic E-state index is 0.0516. The van der Waals surface area contributed by atoms with Crippen molar-refractivity contribution >= 4 is 33.0 Å². The Morgan fingerprint density at radius 3 is 2.11 bits per heavy atom. The number of hydrogen-bond donors (Lipinski definition) is 2. The summed E-state index contributed by atoms with van der Waals surface area (Å²) in [4.78, 5) is 0. The highest BCUT2D eigenvalue weighted by molar-refractivity contribution is 9.10. The molecule has 94 valence electrons. The van der Waals surface area contributed by atoms with Gasteiger partial charge in [-0.25, -0.2) is 13.2 Å². The van der Waals surface area contributed by atoms with Gasteiger partial charge in [0.05, 0.1) is 5.69 Å². The number of anilines is 3. The second kappa shape index (κ2) is 4.89. The predicted octanol–water partition coefficient (Wildman–Crippen LogP) is 4.19. The van der Waals surface area contributed by atoms with Crippen LogP contribution in [0.2, 0.25) is 0 Å². The summed E-state index contributed by atoms with van der Waals surface area (Å²) >= 11 is 2.96. The molecule has 0 saturated carbocycles. The van der Waals surface area contributed by atoms with E-state index in [0.29, 0.717) is 0 Å². The largest absolute Gasteiger partial charge is 0.399 e. The van der Waals surface area contributed by atoms with Gasteiger partial charge in [-0.2, -0.15) is 0 Å². The molecule has 0 atom stereocenters. The van der Waals surface area contributed by atoms with Crippen LogP contribution in [-0.4, -0.2) is 0 Å². The van der Waals surface area contributed by atoms with Crippen LogP contribution in [-0.2, 0) is 0 Å². The maximum absolute atomic E-state index is 13.5. The van der Waals surface area contributed by atoms with E-state index in [2.05, 4.69) is 21.2 Å². The number of hydrogen-bond acceptors (Lipinski definition) is 2. The average molecular weight is 317 g/mol. The number of nitrogen functional groups attached to an aromatic ring is 1. The zero-order chi connectivity index (χ0) is 13.3. The van der Waals surface area contributed by atoms with Crippen molar-refractivity contribution in [2.45, 2.75) is 0 Å². The smallest absolute Gasteiger partial charge is 0.150 e. The quantitative estimate of drug-likeness (QED) is 0.815. The molecular formula is C12H8BrF3N2. The van der Waals surface area contributed by atoms with Crippen LogP contribution in [0.3, 0.4) is 0 Å². The first kappa shape index (κ1) is 12.8. The highest BCUT2D eigenvalue weighted by Crippen LogP contribution is 2.28. The fourth-order valence-electron chi connectivity index (χ4n) is 1.43. The Bertz CT molecular complexity index is 579. The van der Waals surface area contributed by atoms with E-state index in [1.807, 2.05) is 0 Å². The molecule has 0 aliphatic carbocycles. The molecule has 0 radical (unpaired) electrons. The topological polar surface area (TPSA) is 38.0 Å². The standard InChI is InChI=1S/C12H8BrF3N2/c13-6-3-9(15)12(10(16)4-6)18-11-2-1-7(17)5-8(11)14/h1-5,18H,17H2. The van der Waals surface area contributed by atoms with Crippen molar-refractivity contribution in [3.8, 4) is 0 Å². The Hall–Kier alpha value is -1.69. The lowest BCUT2D eigenvalue weighted by atomic mass is 10.2. The summed E-state index contributed by atoms with van der Waals surface area (Å²) in [7, 11) is 0. The maximum atomic E-state index is 13.5. The molecule has 3 N–H and O–H groups in total. The van der Waals surface area contributed by atoms with E-state index in [1.165, 1.54) is 12.1 Å². The lowest BCUT2D eigenvalue weighted by molar-refractivity contribution is 0.588. The molecule has 2 nitrogen and oxygen atoms in total. The summed E-state index contributed by atoms with van der Waals surface area (Å²) in [6, 6.07) is 5.98. The Balaban J connectivity index is 2.40. The van der Waals surface area contributed by atoms with Crippen LogP contribution in [0, 0.1) is 17.5 Å². The fourth-order valence-corrected chi connectivity index (χ4v) is 1.83. The van der Waals surface area contributed by atoms with Crippen molar-refractivity contribution in [3.63, 3.8) is 0 Å². The first-order chi connectivity index (χ1) is 8.47. The summed E-state index contributed by atoms with van der Waals surface area (Å²) in [6.45, 7) is 0. The molecule has 6 heteroatoms. The van der Waals surface area contributed by atoms with E-state index < -0.39 is 23.1 Å². The van der Waals surface area contributed by atoms with Crippen molar-refractivity contribution in [2.75, 3.05) is 11.1 Å². The van der Waals surface area contributed by atoms with Crippen LogP contribution >= 0.6 is 15.9 Å². The lowest BCUT2D eigenvalue weighted by Crippen LogP contribution is -2.00. The van der Waals surface area contributed by atoms with Crippen LogP contribution in [0.5, 0.6) is 0 Å². The van der Waals surface area contributed by atoms with E-state index in [1.54, 1.807) is 0 Å². The van der Waals surface area contributed by atoms with Crippen LogP contribution in [0.4, 0.5) is 30.2 Å². The van der Waals surface area contributed by atoms with Gasteiger partial charge in [-0.1, -0.05) is 15.9 Å². The van der Waals surface area contributed by atoms with Crippen molar-refractivity contribution in [2.24, 2.45) is 0 Å². The van der Waals surface area contributed by atoms with E-state index in [4.69, 9.17) is 5.73 Å². The molecule has 0 spiro atoms. The summed E-state index contributed by atoms with van der Waals surface area (Å²) < 4.78 is 40.8. The Morgan fingerprint density at radius 1 is 0.944 bits per heavy atom. The molecule has 0 aliphatic heterocycles. The van der Waals surface area contributed by atoms with Crippen LogP contribution in [0.1, 0.15) is 0 Å². The molecule has 0 bridgehead atoms. The first-order valence-corrected chi connectivity index (χ1v) is 5.73. The monoisotopic (exact) mass is 316 g/mol. The Morgan fingerprint density at radius 2 is 1.56 bits per heavy atom.